The van der Waals surface area contributed by atoms with Crippen LogP contribution in [-0.2, 0) is 24.4 Å². The van der Waals surface area contributed by atoms with Gasteiger partial charge in [-0.15, -0.1) is 5.10 Å². The van der Waals surface area contributed by atoms with Crippen LogP contribution in [0.4, 0.5) is 0 Å². The molecule has 0 bridgehead atoms. The Bertz CT molecular complexity index is 812. The maximum atomic E-state index is 13.2. The summed E-state index contributed by atoms with van der Waals surface area (Å²) >= 11 is 1.39. The molecule has 0 saturated heterocycles. The number of carbonyl (C=O) groups is 1. The third-order valence-corrected chi connectivity index (χ3v) is 5.23. The van der Waals surface area contributed by atoms with Crippen molar-refractivity contribution in [1.82, 2.24) is 25.1 Å². The van der Waals surface area contributed by atoms with Crippen LogP contribution in [0.3, 0.4) is 0 Å². The SMILES string of the molecule is CCn1nnnc1S[C@H](C)C(=O)N(Cc1ccccc1)Cc1ccccc1. The van der Waals surface area contributed by atoms with Gasteiger partial charge in [0.25, 0.3) is 0 Å². The van der Waals surface area contributed by atoms with Crippen LogP contribution in [0, 0.1) is 0 Å². The molecule has 3 rings (SSSR count). The van der Waals surface area contributed by atoms with Crippen molar-refractivity contribution < 1.29 is 4.79 Å². The molecule has 0 unspecified atom stereocenters. The number of amides is 1. The van der Waals surface area contributed by atoms with Gasteiger partial charge < -0.3 is 4.90 Å². The molecule has 140 valence electrons. The zero-order chi connectivity index (χ0) is 19.1. The summed E-state index contributed by atoms with van der Waals surface area (Å²) in [7, 11) is 0. The van der Waals surface area contributed by atoms with Crippen molar-refractivity contribution in [3.63, 3.8) is 0 Å². The highest BCUT2D eigenvalue weighted by Crippen LogP contribution is 2.23. The maximum absolute atomic E-state index is 13.2. The summed E-state index contributed by atoms with van der Waals surface area (Å²) in [5.74, 6) is 0.0679. The molecule has 27 heavy (non-hydrogen) atoms. The number of hydrogen-bond donors (Lipinski definition) is 0. The lowest BCUT2D eigenvalue weighted by molar-refractivity contribution is -0.131. The molecule has 0 spiro atoms. The van der Waals surface area contributed by atoms with Crippen molar-refractivity contribution in [3.8, 4) is 0 Å². The van der Waals surface area contributed by atoms with Crippen LogP contribution in [-0.4, -0.2) is 36.3 Å². The van der Waals surface area contributed by atoms with E-state index in [0.717, 1.165) is 11.1 Å². The number of tetrazole rings is 1. The molecule has 0 fully saturated rings. The normalized spacial score (nSPS) is 11.9. The van der Waals surface area contributed by atoms with Crippen molar-refractivity contribution in [2.24, 2.45) is 0 Å². The molecule has 0 aliphatic carbocycles. The predicted molar refractivity (Wildman–Crippen MR) is 106 cm³/mol. The highest BCUT2D eigenvalue weighted by molar-refractivity contribution is 8.00. The van der Waals surface area contributed by atoms with E-state index in [1.165, 1.54) is 11.8 Å². The molecule has 2 aromatic carbocycles. The Balaban J connectivity index is 1.76. The summed E-state index contributed by atoms with van der Waals surface area (Å²) in [5, 5.41) is 12.1. The van der Waals surface area contributed by atoms with E-state index < -0.39 is 0 Å². The second kappa shape index (κ2) is 9.32. The van der Waals surface area contributed by atoms with Crippen molar-refractivity contribution >= 4 is 17.7 Å². The average Bonchev–Trinajstić information content (AvgIpc) is 3.15. The molecule has 0 aliphatic rings. The van der Waals surface area contributed by atoms with Gasteiger partial charge in [-0.3, -0.25) is 4.79 Å². The fraction of sp³-hybridized carbons (Fsp3) is 0.300. The van der Waals surface area contributed by atoms with Crippen LogP contribution < -0.4 is 0 Å². The largest absolute Gasteiger partial charge is 0.333 e. The predicted octanol–water partition coefficient (Wildman–Crippen LogP) is 3.40. The Morgan fingerprint density at radius 3 is 2.11 bits per heavy atom. The van der Waals surface area contributed by atoms with E-state index in [0.29, 0.717) is 24.8 Å². The standard InChI is InChI=1S/C20H23N5OS/c1-3-25-20(21-22-23-25)27-16(2)19(26)24(14-17-10-6-4-7-11-17)15-18-12-8-5-9-13-18/h4-13,16H,3,14-15H2,1-2H3/t16-/m1/s1. The monoisotopic (exact) mass is 381 g/mol. The van der Waals surface area contributed by atoms with E-state index in [1.807, 2.05) is 79.4 Å². The van der Waals surface area contributed by atoms with Gasteiger partial charge in [-0.05, 0) is 35.4 Å². The van der Waals surface area contributed by atoms with Crippen molar-refractivity contribution in [3.05, 3.63) is 71.8 Å². The first-order valence-corrected chi connectivity index (χ1v) is 9.84. The van der Waals surface area contributed by atoms with Gasteiger partial charge in [0.05, 0.1) is 5.25 Å². The van der Waals surface area contributed by atoms with E-state index in [4.69, 9.17) is 0 Å². The molecule has 0 radical (unpaired) electrons. The summed E-state index contributed by atoms with van der Waals surface area (Å²) in [6, 6.07) is 20.1. The van der Waals surface area contributed by atoms with Gasteiger partial charge in [0.2, 0.25) is 11.1 Å². The minimum atomic E-state index is -0.284. The van der Waals surface area contributed by atoms with Crippen LogP contribution in [0.25, 0.3) is 0 Å². The first-order valence-electron chi connectivity index (χ1n) is 8.97. The van der Waals surface area contributed by atoms with Gasteiger partial charge >= 0.3 is 0 Å². The number of nitrogens with zero attached hydrogens (tertiary/aromatic N) is 5. The molecule has 1 amide bonds. The average molecular weight is 382 g/mol. The lowest BCUT2D eigenvalue weighted by Crippen LogP contribution is -2.35. The van der Waals surface area contributed by atoms with Crippen LogP contribution >= 0.6 is 11.8 Å². The zero-order valence-electron chi connectivity index (χ0n) is 15.5. The van der Waals surface area contributed by atoms with Gasteiger partial charge in [-0.25, -0.2) is 4.68 Å². The summed E-state index contributed by atoms with van der Waals surface area (Å²) < 4.78 is 1.70. The fourth-order valence-corrected chi connectivity index (χ4v) is 3.70. The molecule has 0 aliphatic heterocycles. The number of carbonyl (C=O) groups excluding carboxylic acids is 1. The van der Waals surface area contributed by atoms with E-state index in [2.05, 4.69) is 15.5 Å². The summed E-state index contributed by atoms with van der Waals surface area (Å²) in [6.45, 7) is 5.69. The van der Waals surface area contributed by atoms with Crippen molar-refractivity contribution in [2.75, 3.05) is 0 Å². The Morgan fingerprint density at radius 1 is 1.04 bits per heavy atom. The molecular formula is C20H23N5OS. The summed E-state index contributed by atoms with van der Waals surface area (Å²) in [5.41, 5.74) is 2.22. The molecule has 1 atom stereocenters. The first kappa shape index (κ1) is 19.1. The molecule has 1 aromatic heterocycles. The van der Waals surface area contributed by atoms with E-state index in [-0.39, 0.29) is 11.2 Å². The maximum Gasteiger partial charge on any atom is 0.236 e. The molecule has 0 N–H and O–H groups in total. The highest BCUT2D eigenvalue weighted by atomic mass is 32.2. The smallest absolute Gasteiger partial charge is 0.236 e. The number of aryl methyl sites for hydroxylation is 1. The van der Waals surface area contributed by atoms with Crippen LogP contribution in [0.2, 0.25) is 0 Å². The molecule has 0 saturated carbocycles. The van der Waals surface area contributed by atoms with Crippen LogP contribution in [0.1, 0.15) is 25.0 Å². The number of rotatable bonds is 8. The van der Waals surface area contributed by atoms with Gasteiger partial charge in [0.15, 0.2) is 0 Å². The Morgan fingerprint density at radius 2 is 1.59 bits per heavy atom. The third-order valence-electron chi connectivity index (χ3n) is 4.17. The number of benzene rings is 2. The quantitative estimate of drug-likeness (QED) is 0.560. The number of thioether (sulfide) groups is 1. The third kappa shape index (κ3) is 5.17. The Labute approximate surface area is 163 Å². The number of aromatic nitrogens is 4. The molecule has 1 heterocycles. The van der Waals surface area contributed by atoms with Crippen LogP contribution in [0.5, 0.6) is 0 Å². The van der Waals surface area contributed by atoms with Gasteiger partial charge in [-0.2, -0.15) is 0 Å². The molecular weight excluding hydrogens is 358 g/mol. The zero-order valence-corrected chi connectivity index (χ0v) is 16.3. The second-order valence-electron chi connectivity index (χ2n) is 6.20. The topological polar surface area (TPSA) is 63.9 Å². The van der Waals surface area contributed by atoms with E-state index >= 15 is 0 Å². The number of hydrogen-bond acceptors (Lipinski definition) is 5. The van der Waals surface area contributed by atoms with Crippen molar-refractivity contribution in [1.29, 1.82) is 0 Å². The molecule has 3 aromatic rings. The minimum Gasteiger partial charge on any atom is -0.333 e. The van der Waals surface area contributed by atoms with Gasteiger partial charge in [0, 0.05) is 19.6 Å². The molecule has 7 heteroatoms. The van der Waals surface area contributed by atoms with E-state index in [1.54, 1.807) is 4.68 Å². The fourth-order valence-electron chi connectivity index (χ4n) is 2.76. The lowest BCUT2D eigenvalue weighted by atomic mass is 10.1. The Kier molecular flexibility index (Phi) is 6.59. The Hall–Kier alpha value is -2.67. The highest BCUT2D eigenvalue weighted by Gasteiger charge is 2.24. The van der Waals surface area contributed by atoms with Crippen molar-refractivity contribution in [2.45, 2.75) is 43.9 Å². The summed E-state index contributed by atoms with van der Waals surface area (Å²) in [4.78, 5) is 15.1. The van der Waals surface area contributed by atoms with Gasteiger partial charge in [0.1, 0.15) is 0 Å². The van der Waals surface area contributed by atoms with E-state index in [9.17, 15) is 4.79 Å². The van der Waals surface area contributed by atoms with Gasteiger partial charge in [-0.1, -0.05) is 72.4 Å². The second-order valence-corrected chi connectivity index (χ2v) is 7.51. The van der Waals surface area contributed by atoms with Crippen LogP contribution in [0.15, 0.2) is 65.8 Å². The molecule has 6 nitrogen and oxygen atoms in total. The summed E-state index contributed by atoms with van der Waals surface area (Å²) in [6.07, 6.45) is 0. The minimum absolute atomic E-state index is 0.0679. The first-order chi connectivity index (χ1) is 13.2. The lowest BCUT2D eigenvalue weighted by Gasteiger charge is -2.26.